The Morgan fingerprint density at radius 3 is 2.29 bits per heavy atom. The highest BCUT2D eigenvalue weighted by atomic mass is 35.5. The van der Waals surface area contributed by atoms with Crippen LogP contribution in [0.5, 0.6) is 0 Å². The zero-order valence-corrected chi connectivity index (χ0v) is 14.5. The number of rotatable bonds is 6. The first-order chi connectivity index (χ1) is 11.5. The quantitative estimate of drug-likeness (QED) is 0.837. The van der Waals surface area contributed by atoms with E-state index in [2.05, 4.69) is 10.6 Å². The van der Waals surface area contributed by atoms with Crippen molar-refractivity contribution in [2.75, 3.05) is 0 Å². The molecule has 0 unspecified atom stereocenters. The fraction of sp³-hybridized carbons (Fsp3) is 0.263. The van der Waals surface area contributed by atoms with Crippen LogP contribution in [-0.4, -0.2) is 11.8 Å². The molecule has 0 saturated carbocycles. The molecule has 2 atom stereocenters. The van der Waals surface area contributed by atoms with Gasteiger partial charge in [-0.05, 0) is 30.2 Å². The number of hydrogen-bond donors (Lipinski definition) is 2. The summed E-state index contributed by atoms with van der Waals surface area (Å²) in [5, 5.41) is 6.41. The van der Waals surface area contributed by atoms with E-state index in [9.17, 15) is 9.59 Å². The number of nitrogens with one attached hydrogen (secondary N) is 2. The summed E-state index contributed by atoms with van der Waals surface area (Å²) in [6.07, 6.45) is 0.175. The zero-order chi connectivity index (χ0) is 17.5. The Balaban J connectivity index is 2.03. The van der Waals surface area contributed by atoms with Crippen LogP contribution in [0, 0.1) is 0 Å². The summed E-state index contributed by atoms with van der Waals surface area (Å²) < 4.78 is 0. The molecule has 2 aromatic rings. The van der Waals surface area contributed by atoms with Gasteiger partial charge in [-0.25, -0.2) is 0 Å². The van der Waals surface area contributed by atoms with Crippen molar-refractivity contribution in [3.63, 3.8) is 0 Å². The molecule has 2 rings (SSSR count). The van der Waals surface area contributed by atoms with Crippen LogP contribution in [0.15, 0.2) is 54.6 Å². The van der Waals surface area contributed by atoms with Crippen LogP contribution in [0.25, 0.3) is 0 Å². The highest BCUT2D eigenvalue weighted by Gasteiger charge is 2.18. The van der Waals surface area contributed by atoms with Gasteiger partial charge in [0.15, 0.2) is 0 Å². The van der Waals surface area contributed by atoms with Crippen molar-refractivity contribution in [2.45, 2.75) is 32.4 Å². The minimum atomic E-state index is -0.352. The molecule has 0 saturated heterocycles. The molecular weight excluding hydrogens is 324 g/mol. The predicted molar refractivity (Wildman–Crippen MR) is 95.6 cm³/mol. The molecule has 2 aromatic carbocycles. The third kappa shape index (κ3) is 5.39. The molecular formula is C19H21ClN2O2. The molecule has 0 aliphatic rings. The van der Waals surface area contributed by atoms with Gasteiger partial charge in [0, 0.05) is 11.9 Å². The van der Waals surface area contributed by atoms with Gasteiger partial charge in [-0.2, -0.15) is 0 Å². The second kappa shape index (κ2) is 8.50. The molecule has 5 heteroatoms. The summed E-state index contributed by atoms with van der Waals surface area (Å²) in [6, 6.07) is 16.3. The first-order valence-electron chi connectivity index (χ1n) is 7.82. The third-order valence-electron chi connectivity index (χ3n) is 3.70. The molecule has 0 radical (unpaired) electrons. The smallest absolute Gasteiger partial charge is 0.222 e. The largest absolute Gasteiger partial charge is 0.350 e. The fourth-order valence-electron chi connectivity index (χ4n) is 2.53. The van der Waals surface area contributed by atoms with Crippen molar-refractivity contribution in [3.05, 3.63) is 70.7 Å². The summed E-state index contributed by atoms with van der Waals surface area (Å²) in [4.78, 5) is 23.8. The lowest BCUT2D eigenvalue weighted by Crippen LogP contribution is -2.33. The average Bonchev–Trinajstić information content (AvgIpc) is 2.54. The molecule has 0 aliphatic heterocycles. The van der Waals surface area contributed by atoms with Crippen molar-refractivity contribution in [2.24, 2.45) is 0 Å². The maximum Gasteiger partial charge on any atom is 0.222 e. The number of benzene rings is 2. The number of halogens is 1. The Hall–Kier alpha value is -2.33. The van der Waals surface area contributed by atoms with Crippen LogP contribution in [-0.2, 0) is 9.59 Å². The van der Waals surface area contributed by atoms with Crippen molar-refractivity contribution < 1.29 is 9.59 Å². The first-order valence-corrected chi connectivity index (χ1v) is 8.20. The molecule has 0 aliphatic carbocycles. The first kappa shape index (κ1) is 18.0. The SMILES string of the molecule is CC(=O)N[C@H](CC(=O)N[C@@H](C)c1cccc(Cl)c1)c1ccccc1. The van der Waals surface area contributed by atoms with Crippen LogP contribution in [0.2, 0.25) is 5.02 Å². The number of carbonyl (C=O) groups excluding carboxylic acids is 2. The van der Waals surface area contributed by atoms with E-state index in [0.29, 0.717) is 5.02 Å². The van der Waals surface area contributed by atoms with Crippen molar-refractivity contribution in [1.29, 1.82) is 0 Å². The summed E-state index contributed by atoms with van der Waals surface area (Å²) >= 11 is 5.99. The second-order valence-electron chi connectivity index (χ2n) is 5.71. The van der Waals surface area contributed by atoms with Gasteiger partial charge in [0.1, 0.15) is 0 Å². The molecule has 0 spiro atoms. The van der Waals surface area contributed by atoms with Crippen LogP contribution in [0.4, 0.5) is 0 Å². The van der Waals surface area contributed by atoms with Gasteiger partial charge in [0.2, 0.25) is 11.8 Å². The van der Waals surface area contributed by atoms with Gasteiger partial charge in [0.05, 0.1) is 18.5 Å². The summed E-state index contributed by atoms with van der Waals surface area (Å²) in [5.41, 5.74) is 1.84. The molecule has 0 heterocycles. The molecule has 2 amide bonds. The lowest BCUT2D eigenvalue weighted by Gasteiger charge is -2.20. The molecule has 2 N–H and O–H groups in total. The lowest BCUT2D eigenvalue weighted by atomic mass is 10.0. The third-order valence-corrected chi connectivity index (χ3v) is 3.93. The van der Waals surface area contributed by atoms with Gasteiger partial charge in [0.25, 0.3) is 0 Å². The Morgan fingerprint density at radius 2 is 1.67 bits per heavy atom. The zero-order valence-electron chi connectivity index (χ0n) is 13.8. The highest BCUT2D eigenvalue weighted by Crippen LogP contribution is 2.20. The summed E-state index contributed by atoms with van der Waals surface area (Å²) in [5.74, 6) is -0.301. The minimum Gasteiger partial charge on any atom is -0.350 e. The molecule has 0 bridgehead atoms. The predicted octanol–water partition coefficient (Wildman–Crippen LogP) is 3.78. The Kier molecular flexibility index (Phi) is 6.38. The van der Waals surface area contributed by atoms with Crippen LogP contribution >= 0.6 is 11.6 Å². The van der Waals surface area contributed by atoms with Gasteiger partial charge in [-0.15, -0.1) is 0 Å². The monoisotopic (exact) mass is 344 g/mol. The van der Waals surface area contributed by atoms with Gasteiger partial charge in [-0.1, -0.05) is 54.1 Å². The van der Waals surface area contributed by atoms with E-state index in [4.69, 9.17) is 11.6 Å². The minimum absolute atomic E-state index is 0.134. The fourth-order valence-corrected chi connectivity index (χ4v) is 2.73. The Labute approximate surface area is 147 Å². The maximum absolute atomic E-state index is 12.4. The average molecular weight is 345 g/mol. The molecule has 126 valence electrons. The van der Waals surface area contributed by atoms with Gasteiger partial charge in [-0.3, -0.25) is 9.59 Å². The second-order valence-corrected chi connectivity index (χ2v) is 6.15. The molecule has 0 aromatic heterocycles. The standard InChI is InChI=1S/C19H21ClN2O2/c1-13(16-9-6-10-17(20)11-16)21-19(24)12-18(22-14(2)23)15-7-4-3-5-8-15/h3-11,13,18H,12H2,1-2H3,(H,21,24)(H,22,23)/t13-,18+/m0/s1. The van der Waals surface area contributed by atoms with E-state index in [1.807, 2.05) is 55.5 Å². The lowest BCUT2D eigenvalue weighted by molar-refractivity contribution is -0.123. The van der Waals surface area contributed by atoms with E-state index < -0.39 is 0 Å². The Morgan fingerprint density at radius 1 is 1.00 bits per heavy atom. The van der Waals surface area contributed by atoms with E-state index in [1.165, 1.54) is 6.92 Å². The summed E-state index contributed by atoms with van der Waals surface area (Å²) in [6.45, 7) is 3.35. The number of hydrogen-bond acceptors (Lipinski definition) is 2. The van der Waals surface area contributed by atoms with Gasteiger partial charge < -0.3 is 10.6 Å². The molecule has 4 nitrogen and oxygen atoms in total. The van der Waals surface area contributed by atoms with E-state index in [1.54, 1.807) is 6.07 Å². The van der Waals surface area contributed by atoms with Crippen molar-refractivity contribution >= 4 is 23.4 Å². The molecule has 24 heavy (non-hydrogen) atoms. The van der Waals surface area contributed by atoms with Crippen LogP contribution in [0.1, 0.15) is 43.5 Å². The highest BCUT2D eigenvalue weighted by molar-refractivity contribution is 6.30. The Bertz CT molecular complexity index is 704. The topological polar surface area (TPSA) is 58.2 Å². The van der Waals surface area contributed by atoms with Crippen molar-refractivity contribution in [1.82, 2.24) is 10.6 Å². The van der Waals surface area contributed by atoms with Crippen LogP contribution in [0.3, 0.4) is 0 Å². The van der Waals surface area contributed by atoms with Crippen LogP contribution < -0.4 is 10.6 Å². The van der Waals surface area contributed by atoms with Crippen molar-refractivity contribution in [3.8, 4) is 0 Å². The number of carbonyl (C=O) groups is 2. The molecule has 0 fully saturated rings. The van der Waals surface area contributed by atoms with E-state index in [0.717, 1.165) is 11.1 Å². The van der Waals surface area contributed by atoms with Gasteiger partial charge >= 0.3 is 0 Å². The number of amides is 2. The van der Waals surface area contributed by atoms with E-state index >= 15 is 0 Å². The normalized spacial score (nSPS) is 13.0. The van der Waals surface area contributed by atoms with E-state index in [-0.39, 0.29) is 30.3 Å². The maximum atomic E-state index is 12.4. The summed E-state index contributed by atoms with van der Waals surface area (Å²) in [7, 11) is 0.